The summed E-state index contributed by atoms with van der Waals surface area (Å²) in [6.45, 7) is 1.86. The van der Waals surface area contributed by atoms with Gasteiger partial charge in [-0.3, -0.25) is 4.79 Å². The highest BCUT2D eigenvalue weighted by Crippen LogP contribution is 2.32. The van der Waals surface area contributed by atoms with Crippen molar-refractivity contribution in [3.05, 3.63) is 53.6 Å². The molecule has 5 nitrogen and oxygen atoms in total. The zero-order chi connectivity index (χ0) is 14.8. The number of anilines is 1. The van der Waals surface area contributed by atoms with Crippen LogP contribution in [-0.2, 0) is 0 Å². The van der Waals surface area contributed by atoms with Gasteiger partial charge in [-0.05, 0) is 42.8 Å². The van der Waals surface area contributed by atoms with E-state index in [4.69, 9.17) is 9.47 Å². The number of carbonyl (C=O) groups is 1. The molecule has 0 fully saturated rings. The van der Waals surface area contributed by atoms with E-state index in [-0.39, 0.29) is 12.7 Å². The number of hydrogen-bond acceptors (Lipinski definition) is 4. The Kier molecular flexibility index (Phi) is 3.50. The first-order valence-corrected chi connectivity index (χ1v) is 6.62. The number of ether oxygens (including phenoxy) is 2. The van der Waals surface area contributed by atoms with Crippen LogP contribution in [0.3, 0.4) is 0 Å². The fourth-order valence-electron chi connectivity index (χ4n) is 2.12. The summed E-state index contributed by atoms with van der Waals surface area (Å²) in [6, 6.07) is 12.2. The van der Waals surface area contributed by atoms with Crippen LogP contribution in [0, 0.1) is 0 Å². The lowest BCUT2D eigenvalue weighted by Gasteiger charge is -2.09. The predicted molar refractivity (Wildman–Crippen MR) is 77.6 cm³/mol. The Morgan fingerprint density at radius 3 is 2.81 bits per heavy atom. The molecule has 0 saturated carbocycles. The Balaban J connectivity index is 1.78. The van der Waals surface area contributed by atoms with Gasteiger partial charge in [-0.15, -0.1) is 0 Å². The molecule has 1 amide bonds. The number of aliphatic hydroxyl groups excluding tert-OH is 1. The van der Waals surface area contributed by atoms with Crippen molar-refractivity contribution < 1.29 is 19.4 Å². The molecule has 1 aliphatic heterocycles. The van der Waals surface area contributed by atoms with E-state index >= 15 is 0 Å². The van der Waals surface area contributed by atoms with Crippen molar-refractivity contribution in [3.63, 3.8) is 0 Å². The van der Waals surface area contributed by atoms with Crippen molar-refractivity contribution in [2.75, 3.05) is 12.1 Å². The Labute approximate surface area is 122 Å². The summed E-state index contributed by atoms with van der Waals surface area (Å²) in [5.41, 5.74) is 1.87. The summed E-state index contributed by atoms with van der Waals surface area (Å²) < 4.78 is 10.5. The largest absolute Gasteiger partial charge is 0.454 e. The third-order valence-electron chi connectivity index (χ3n) is 3.26. The molecule has 0 spiro atoms. The van der Waals surface area contributed by atoms with Gasteiger partial charge in [-0.1, -0.05) is 12.1 Å². The average molecular weight is 285 g/mol. The molecule has 2 aromatic carbocycles. The summed E-state index contributed by atoms with van der Waals surface area (Å²) in [5.74, 6) is 0.971. The fourth-order valence-corrected chi connectivity index (χ4v) is 2.12. The molecule has 0 aliphatic carbocycles. The second-order valence-electron chi connectivity index (χ2n) is 4.82. The number of rotatable bonds is 3. The first-order valence-electron chi connectivity index (χ1n) is 6.62. The zero-order valence-electron chi connectivity index (χ0n) is 11.5. The van der Waals surface area contributed by atoms with Crippen LogP contribution >= 0.6 is 0 Å². The number of benzene rings is 2. The van der Waals surface area contributed by atoms with Crippen LogP contribution in [-0.4, -0.2) is 17.8 Å². The van der Waals surface area contributed by atoms with Gasteiger partial charge in [0.1, 0.15) is 0 Å². The van der Waals surface area contributed by atoms with E-state index in [2.05, 4.69) is 5.32 Å². The van der Waals surface area contributed by atoms with E-state index in [1.54, 1.807) is 49.4 Å². The van der Waals surface area contributed by atoms with Gasteiger partial charge in [-0.25, -0.2) is 0 Å². The predicted octanol–water partition coefficient (Wildman–Crippen LogP) is 2.72. The van der Waals surface area contributed by atoms with Crippen molar-refractivity contribution in [2.45, 2.75) is 13.0 Å². The Morgan fingerprint density at radius 2 is 2.00 bits per heavy atom. The number of nitrogens with one attached hydrogen (secondary N) is 1. The number of hydrogen-bond donors (Lipinski definition) is 2. The van der Waals surface area contributed by atoms with Crippen LogP contribution in [0.4, 0.5) is 5.69 Å². The molecule has 0 unspecified atom stereocenters. The summed E-state index contributed by atoms with van der Waals surface area (Å²) in [6.07, 6.45) is -0.576. The Bertz CT molecular complexity index is 682. The van der Waals surface area contributed by atoms with Crippen molar-refractivity contribution in [2.24, 2.45) is 0 Å². The van der Waals surface area contributed by atoms with Gasteiger partial charge in [0.2, 0.25) is 6.79 Å². The monoisotopic (exact) mass is 285 g/mol. The van der Waals surface area contributed by atoms with Crippen LogP contribution in [0.25, 0.3) is 0 Å². The highest BCUT2D eigenvalue weighted by molar-refractivity contribution is 6.04. The molecule has 0 saturated heterocycles. The van der Waals surface area contributed by atoms with Gasteiger partial charge >= 0.3 is 0 Å². The van der Waals surface area contributed by atoms with Crippen LogP contribution in [0.1, 0.15) is 28.9 Å². The first-order chi connectivity index (χ1) is 10.1. The molecule has 1 atom stereocenters. The SMILES string of the molecule is C[C@@H](O)c1cccc(NC(=O)c2ccc3c(c2)OCO3)c1. The highest BCUT2D eigenvalue weighted by atomic mass is 16.7. The topological polar surface area (TPSA) is 67.8 Å². The van der Waals surface area contributed by atoms with Gasteiger partial charge in [0.25, 0.3) is 5.91 Å². The number of carbonyl (C=O) groups excluding carboxylic acids is 1. The third kappa shape index (κ3) is 2.83. The van der Waals surface area contributed by atoms with E-state index < -0.39 is 6.10 Å². The second kappa shape index (κ2) is 5.46. The summed E-state index contributed by atoms with van der Waals surface area (Å²) >= 11 is 0. The lowest BCUT2D eigenvalue weighted by atomic mass is 10.1. The van der Waals surface area contributed by atoms with Crippen LogP contribution < -0.4 is 14.8 Å². The Morgan fingerprint density at radius 1 is 1.19 bits per heavy atom. The maximum atomic E-state index is 12.2. The van der Waals surface area contributed by atoms with Crippen molar-refractivity contribution in [1.29, 1.82) is 0 Å². The van der Waals surface area contributed by atoms with Crippen molar-refractivity contribution in [3.8, 4) is 11.5 Å². The van der Waals surface area contributed by atoms with E-state index in [1.807, 2.05) is 0 Å². The maximum Gasteiger partial charge on any atom is 0.255 e. The molecule has 108 valence electrons. The molecule has 1 heterocycles. The number of amides is 1. The van der Waals surface area contributed by atoms with Crippen LogP contribution in [0.15, 0.2) is 42.5 Å². The van der Waals surface area contributed by atoms with Gasteiger partial charge in [0.05, 0.1) is 6.10 Å². The van der Waals surface area contributed by atoms with E-state index in [9.17, 15) is 9.90 Å². The normalized spacial score (nSPS) is 13.8. The standard InChI is InChI=1S/C16H15NO4/c1-10(18)11-3-2-4-13(7-11)17-16(19)12-5-6-14-15(8-12)21-9-20-14/h2-8,10,18H,9H2,1H3,(H,17,19)/t10-/m1/s1. The smallest absolute Gasteiger partial charge is 0.255 e. The van der Waals surface area contributed by atoms with E-state index in [0.29, 0.717) is 22.7 Å². The molecular weight excluding hydrogens is 270 g/mol. The zero-order valence-corrected chi connectivity index (χ0v) is 11.5. The van der Waals surface area contributed by atoms with E-state index in [1.165, 1.54) is 0 Å². The van der Waals surface area contributed by atoms with Crippen molar-refractivity contribution >= 4 is 11.6 Å². The molecule has 2 aromatic rings. The molecule has 2 N–H and O–H groups in total. The third-order valence-corrected chi connectivity index (χ3v) is 3.26. The van der Waals surface area contributed by atoms with Gasteiger partial charge in [0.15, 0.2) is 11.5 Å². The minimum Gasteiger partial charge on any atom is -0.454 e. The maximum absolute atomic E-state index is 12.2. The second-order valence-corrected chi connectivity index (χ2v) is 4.82. The van der Waals surface area contributed by atoms with Gasteiger partial charge in [0, 0.05) is 11.3 Å². The molecule has 1 aliphatic rings. The fraction of sp³-hybridized carbons (Fsp3) is 0.188. The molecule has 0 radical (unpaired) electrons. The minimum atomic E-state index is -0.576. The summed E-state index contributed by atoms with van der Waals surface area (Å²) in [4.78, 5) is 12.2. The molecule has 3 rings (SSSR count). The van der Waals surface area contributed by atoms with Gasteiger partial charge in [-0.2, -0.15) is 0 Å². The molecule has 0 bridgehead atoms. The number of fused-ring (bicyclic) bond motifs is 1. The lowest BCUT2D eigenvalue weighted by molar-refractivity contribution is 0.102. The first kappa shape index (κ1) is 13.5. The highest BCUT2D eigenvalue weighted by Gasteiger charge is 2.16. The van der Waals surface area contributed by atoms with Crippen LogP contribution in [0.5, 0.6) is 11.5 Å². The molecule has 0 aromatic heterocycles. The minimum absolute atomic E-state index is 0.177. The lowest BCUT2D eigenvalue weighted by Crippen LogP contribution is -2.12. The van der Waals surface area contributed by atoms with Crippen LogP contribution in [0.2, 0.25) is 0 Å². The summed E-state index contributed by atoms with van der Waals surface area (Å²) in [7, 11) is 0. The molecule has 5 heteroatoms. The quantitative estimate of drug-likeness (QED) is 0.910. The molecule has 21 heavy (non-hydrogen) atoms. The number of aliphatic hydroxyl groups is 1. The average Bonchev–Trinajstić information content (AvgIpc) is 2.94. The Hall–Kier alpha value is -2.53. The summed E-state index contributed by atoms with van der Waals surface area (Å²) in [5, 5.41) is 12.4. The van der Waals surface area contributed by atoms with E-state index in [0.717, 1.165) is 5.56 Å². The van der Waals surface area contributed by atoms with Crippen molar-refractivity contribution in [1.82, 2.24) is 0 Å². The van der Waals surface area contributed by atoms with Gasteiger partial charge < -0.3 is 19.9 Å². The molecular formula is C16H15NO4.